The van der Waals surface area contributed by atoms with Gasteiger partial charge in [-0.15, -0.1) is 0 Å². The number of halogens is 2. The van der Waals surface area contributed by atoms with Gasteiger partial charge < -0.3 is 5.32 Å². The smallest absolute Gasteiger partial charge is 0.321 e. The van der Waals surface area contributed by atoms with Gasteiger partial charge in [-0.2, -0.15) is 0 Å². The molecule has 1 aromatic rings. The molecule has 1 saturated heterocycles. The number of amides is 2. The van der Waals surface area contributed by atoms with E-state index in [4.69, 9.17) is 0 Å². The van der Waals surface area contributed by atoms with Crippen LogP contribution in [0.5, 0.6) is 0 Å². The van der Waals surface area contributed by atoms with Crippen molar-refractivity contribution in [3.8, 4) is 0 Å². The second-order valence-electron chi connectivity index (χ2n) is 3.31. The molecule has 1 fully saturated rings. The third kappa shape index (κ3) is 2.18. The first-order valence-corrected chi connectivity index (χ1v) is 6.28. The van der Waals surface area contributed by atoms with E-state index in [0.29, 0.717) is 0 Å². The Balaban J connectivity index is 2.39. The molecule has 1 aliphatic rings. The first-order valence-electron chi connectivity index (χ1n) is 4.69. The molecule has 0 unspecified atom stereocenters. The van der Waals surface area contributed by atoms with Crippen LogP contribution in [0.15, 0.2) is 27.1 Å². The Kier molecular flexibility index (Phi) is 3.31. The van der Waals surface area contributed by atoms with Crippen molar-refractivity contribution in [2.24, 2.45) is 0 Å². The molecule has 0 saturated carbocycles. The zero-order valence-corrected chi connectivity index (χ0v) is 11.1. The van der Waals surface area contributed by atoms with Crippen LogP contribution in [-0.2, 0) is 0 Å². The third-order valence-corrected chi connectivity index (χ3v) is 3.57. The Labute approximate surface area is 105 Å². The fourth-order valence-corrected chi connectivity index (χ4v) is 3.02. The number of nitrogens with zero attached hydrogens (tertiary/aromatic N) is 1. The van der Waals surface area contributed by atoms with Gasteiger partial charge in [0.05, 0.1) is 5.69 Å². The number of carbonyl (C=O) groups excluding carboxylic acids is 1. The lowest BCUT2D eigenvalue weighted by atomic mass is 10.2. The zero-order chi connectivity index (χ0) is 10.8. The molecular weight excluding hydrogens is 324 g/mol. The second kappa shape index (κ2) is 4.53. The predicted molar refractivity (Wildman–Crippen MR) is 67.2 cm³/mol. The maximum Gasteiger partial charge on any atom is 0.321 e. The molecule has 2 rings (SSSR count). The van der Waals surface area contributed by atoms with E-state index in [9.17, 15) is 4.79 Å². The van der Waals surface area contributed by atoms with Gasteiger partial charge in [0.1, 0.15) is 0 Å². The number of anilines is 1. The van der Waals surface area contributed by atoms with E-state index in [2.05, 4.69) is 37.2 Å². The maximum absolute atomic E-state index is 11.7. The topological polar surface area (TPSA) is 32.3 Å². The molecule has 0 spiro atoms. The van der Waals surface area contributed by atoms with E-state index in [1.165, 1.54) is 0 Å². The van der Waals surface area contributed by atoms with Crippen LogP contribution >= 0.6 is 31.9 Å². The summed E-state index contributed by atoms with van der Waals surface area (Å²) in [6.07, 6.45) is 0.972. The number of carbonyl (C=O) groups is 1. The van der Waals surface area contributed by atoms with Crippen LogP contribution in [0.3, 0.4) is 0 Å². The van der Waals surface area contributed by atoms with Crippen molar-refractivity contribution < 1.29 is 4.79 Å². The maximum atomic E-state index is 11.7. The molecule has 3 nitrogen and oxygen atoms in total. The number of rotatable bonds is 1. The van der Waals surface area contributed by atoms with E-state index in [1.54, 1.807) is 4.90 Å². The fourth-order valence-electron chi connectivity index (χ4n) is 1.59. The number of hydrogen-bond acceptors (Lipinski definition) is 1. The van der Waals surface area contributed by atoms with E-state index < -0.39 is 0 Å². The number of para-hydroxylation sites is 1. The van der Waals surface area contributed by atoms with Gasteiger partial charge in [-0.25, -0.2) is 4.79 Å². The molecule has 0 aromatic heterocycles. The van der Waals surface area contributed by atoms with Crippen molar-refractivity contribution in [3.05, 3.63) is 27.1 Å². The van der Waals surface area contributed by atoms with Gasteiger partial charge in [0.15, 0.2) is 0 Å². The number of benzene rings is 1. The molecule has 1 aliphatic heterocycles. The van der Waals surface area contributed by atoms with E-state index in [1.807, 2.05) is 18.2 Å². The largest absolute Gasteiger partial charge is 0.338 e. The van der Waals surface area contributed by atoms with Crippen LogP contribution in [0.25, 0.3) is 0 Å². The molecule has 15 heavy (non-hydrogen) atoms. The molecule has 1 aromatic carbocycles. The normalized spacial score (nSPS) is 16.4. The molecular formula is C10H10Br2N2O. The van der Waals surface area contributed by atoms with Crippen molar-refractivity contribution in [3.63, 3.8) is 0 Å². The molecule has 0 aliphatic carbocycles. The van der Waals surface area contributed by atoms with Crippen molar-refractivity contribution >= 4 is 43.6 Å². The Bertz CT molecular complexity index is 375. The molecule has 0 atom stereocenters. The predicted octanol–water partition coefficient (Wildman–Crippen LogP) is 3.13. The first kappa shape index (κ1) is 11.0. The minimum atomic E-state index is -0.0335. The SMILES string of the molecule is O=C1NCCCN1c1c(Br)cccc1Br. The molecule has 2 amide bonds. The van der Waals surface area contributed by atoms with E-state index >= 15 is 0 Å². The number of urea groups is 1. The molecule has 0 bridgehead atoms. The number of hydrogen-bond donors (Lipinski definition) is 1. The van der Waals surface area contributed by atoms with Crippen molar-refractivity contribution in [1.29, 1.82) is 0 Å². The highest BCUT2D eigenvalue weighted by molar-refractivity contribution is 9.11. The van der Waals surface area contributed by atoms with Crippen molar-refractivity contribution in [2.45, 2.75) is 6.42 Å². The standard InChI is InChI=1S/C10H10Br2N2O/c11-7-3-1-4-8(12)9(7)14-6-2-5-13-10(14)15/h1,3-4H,2,5-6H2,(H,13,15). The molecule has 1 N–H and O–H groups in total. The highest BCUT2D eigenvalue weighted by atomic mass is 79.9. The third-order valence-electron chi connectivity index (χ3n) is 2.29. The first-order chi connectivity index (χ1) is 7.20. The minimum absolute atomic E-state index is 0.0335. The summed E-state index contributed by atoms with van der Waals surface area (Å²) in [5.41, 5.74) is 0.898. The van der Waals surface area contributed by atoms with E-state index in [0.717, 1.165) is 34.1 Å². The second-order valence-corrected chi connectivity index (χ2v) is 5.02. The van der Waals surface area contributed by atoms with Crippen LogP contribution in [-0.4, -0.2) is 19.1 Å². The summed E-state index contributed by atoms with van der Waals surface area (Å²) in [4.78, 5) is 13.4. The summed E-state index contributed by atoms with van der Waals surface area (Å²) in [6.45, 7) is 1.52. The summed E-state index contributed by atoms with van der Waals surface area (Å²) >= 11 is 6.92. The number of nitrogens with one attached hydrogen (secondary N) is 1. The monoisotopic (exact) mass is 332 g/mol. The Morgan fingerprint density at radius 1 is 1.27 bits per heavy atom. The van der Waals surface area contributed by atoms with Crippen molar-refractivity contribution in [1.82, 2.24) is 5.32 Å². The summed E-state index contributed by atoms with van der Waals surface area (Å²) in [7, 11) is 0. The van der Waals surface area contributed by atoms with Crippen LogP contribution < -0.4 is 10.2 Å². The molecule has 0 radical (unpaired) electrons. The summed E-state index contributed by atoms with van der Waals surface area (Å²) < 4.78 is 1.85. The zero-order valence-electron chi connectivity index (χ0n) is 7.96. The summed E-state index contributed by atoms with van der Waals surface area (Å²) in [5, 5.41) is 2.83. The fraction of sp³-hybridized carbons (Fsp3) is 0.300. The molecule has 1 heterocycles. The van der Waals surface area contributed by atoms with Crippen LogP contribution in [0.1, 0.15) is 6.42 Å². The highest BCUT2D eigenvalue weighted by Gasteiger charge is 2.22. The minimum Gasteiger partial charge on any atom is -0.338 e. The average molecular weight is 334 g/mol. The lowest BCUT2D eigenvalue weighted by Crippen LogP contribution is -2.46. The Morgan fingerprint density at radius 3 is 2.53 bits per heavy atom. The average Bonchev–Trinajstić information content (AvgIpc) is 2.20. The lowest BCUT2D eigenvalue weighted by molar-refractivity contribution is 0.243. The van der Waals surface area contributed by atoms with Crippen LogP contribution in [0.2, 0.25) is 0 Å². The Morgan fingerprint density at radius 2 is 1.93 bits per heavy atom. The van der Waals surface area contributed by atoms with E-state index in [-0.39, 0.29) is 6.03 Å². The van der Waals surface area contributed by atoms with Gasteiger partial charge >= 0.3 is 6.03 Å². The van der Waals surface area contributed by atoms with Crippen molar-refractivity contribution in [2.75, 3.05) is 18.0 Å². The summed E-state index contributed by atoms with van der Waals surface area (Å²) in [5.74, 6) is 0. The van der Waals surface area contributed by atoms with Gasteiger partial charge in [0.2, 0.25) is 0 Å². The quantitative estimate of drug-likeness (QED) is 0.841. The summed E-state index contributed by atoms with van der Waals surface area (Å²) in [6, 6.07) is 5.76. The van der Waals surface area contributed by atoms with Gasteiger partial charge in [-0.05, 0) is 50.4 Å². The van der Waals surface area contributed by atoms with Gasteiger partial charge in [0, 0.05) is 22.0 Å². The Hall–Kier alpha value is -0.550. The van der Waals surface area contributed by atoms with Gasteiger partial charge in [-0.1, -0.05) is 6.07 Å². The molecule has 80 valence electrons. The molecule has 5 heteroatoms. The van der Waals surface area contributed by atoms with Crippen LogP contribution in [0, 0.1) is 0 Å². The van der Waals surface area contributed by atoms with Gasteiger partial charge in [-0.3, -0.25) is 4.90 Å². The lowest BCUT2D eigenvalue weighted by Gasteiger charge is -2.29. The highest BCUT2D eigenvalue weighted by Crippen LogP contribution is 2.34. The van der Waals surface area contributed by atoms with Gasteiger partial charge in [0.25, 0.3) is 0 Å². The van der Waals surface area contributed by atoms with Crippen LogP contribution in [0.4, 0.5) is 10.5 Å².